The standard InChI is InChI=1S/C22H35N3O4/c1-7-21(3,4)14-28-20(27)24-18-12-17(9-8-16(18)2)23-19(26)29-15-22(5,6)13-25-10-11-25/h8-9,12H,7,10-11,13-15H2,1-6H3,(H,23,26)(H,24,27). The molecule has 0 unspecified atom stereocenters. The van der Waals surface area contributed by atoms with E-state index in [1.165, 1.54) is 0 Å². The van der Waals surface area contributed by atoms with Gasteiger partial charge in [0, 0.05) is 36.4 Å². The van der Waals surface area contributed by atoms with E-state index < -0.39 is 12.2 Å². The minimum Gasteiger partial charge on any atom is -0.449 e. The summed E-state index contributed by atoms with van der Waals surface area (Å²) in [4.78, 5) is 26.6. The van der Waals surface area contributed by atoms with Crippen LogP contribution >= 0.6 is 0 Å². The second-order valence-electron chi connectivity index (χ2n) is 9.39. The molecular formula is C22H35N3O4. The number of nitrogens with zero attached hydrogens (tertiary/aromatic N) is 1. The molecule has 0 aromatic heterocycles. The summed E-state index contributed by atoms with van der Waals surface area (Å²) >= 11 is 0. The molecule has 1 heterocycles. The van der Waals surface area contributed by atoms with Crippen LogP contribution in [0.2, 0.25) is 0 Å². The summed E-state index contributed by atoms with van der Waals surface area (Å²) < 4.78 is 10.7. The fraction of sp³-hybridized carbons (Fsp3) is 0.636. The molecule has 0 radical (unpaired) electrons. The van der Waals surface area contributed by atoms with Gasteiger partial charge in [0.2, 0.25) is 0 Å². The van der Waals surface area contributed by atoms with Crippen LogP contribution in [0, 0.1) is 17.8 Å². The number of carbonyl (C=O) groups is 2. The summed E-state index contributed by atoms with van der Waals surface area (Å²) in [6.07, 6.45) is -0.104. The van der Waals surface area contributed by atoms with E-state index in [1.807, 2.05) is 26.8 Å². The van der Waals surface area contributed by atoms with Gasteiger partial charge in [-0.1, -0.05) is 40.7 Å². The van der Waals surface area contributed by atoms with E-state index in [1.54, 1.807) is 12.1 Å². The van der Waals surface area contributed by atoms with E-state index >= 15 is 0 Å². The Bertz CT molecular complexity index is 727. The maximum Gasteiger partial charge on any atom is 0.411 e. The molecule has 29 heavy (non-hydrogen) atoms. The molecule has 1 fully saturated rings. The highest BCUT2D eigenvalue weighted by Gasteiger charge is 2.28. The zero-order valence-electron chi connectivity index (χ0n) is 18.6. The minimum absolute atomic E-state index is 0.0656. The van der Waals surface area contributed by atoms with Gasteiger partial charge in [-0.25, -0.2) is 9.59 Å². The molecule has 0 spiro atoms. The van der Waals surface area contributed by atoms with Crippen molar-refractivity contribution in [3.63, 3.8) is 0 Å². The second-order valence-corrected chi connectivity index (χ2v) is 9.39. The van der Waals surface area contributed by atoms with Crippen LogP contribution in [0.4, 0.5) is 21.0 Å². The second kappa shape index (κ2) is 9.48. The van der Waals surface area contributed by atoms with E-state index in [0.717, 1.165) is 31.6 Å². The van der Waals surface area contributed by atoms with E-state index in [9.17, 15) is 9.59 Å². The molecule has 1 aromatic rings. The van der Waals surface area contributed by atoms with Crippen molar-refractivity contribution in [2.75, 3.05) is 43.5 Å². The number of carbonyl (C=O) groups excluding carboxylic acids is 2. The predicted octanol–water partition coefficient (Wildman–Crippen LogP) is 4.87. The SMILES string of the molecule is CCC(C)(C)COC(=O)Nc1cc(NC(=O)OCC(C)(C)CN2CC2)ccc1C. The van der Waals surface area contributed by atoms with Crippen LogP contribution in [0.5, 0.6) is 0 Å². The molecule has 1 saturated heterocycles. The number of amides is 2. The van der Waals surface area contributed by atoms with E-state index in [-0.39, 0.29) is 10.8 Å². The van der Waals surface area contributed by atoms with Gasteiger partial charge in [0.15, 0.2) is 0 Å². The number of hydrogen-bond donors (Lipinski definition) is 2. The Morgan fingerprint density at radius 3 is 2.17 bits per heavy atom. The Kier molecular flexibility index (Phi) is 7.52. The lowest BCUT2D eigenvalue weighted by Crippen LogP contribution is -2.30. The molecule has 7 heteroatoms. The first kappa shape index (κ1) is 23.0. The molecule has 0 aliphatic carbocycles. The maximum atomic E-state index is 12.2. The molecule has 7 nitrogen and oxygen atoms in total. The first-order valence-corrected chi connectivity index (χ1v) is 10.2. The van der Waals surface area contributed by atoms with E-state index in [4.69, 9.17) is 9.47 Å². The summed E-state index contributed by atoms with van der Waals surface area (Å²) in [5.74, 6) is 0. The number of benzene rings is 1. The van der Waals surface area contributed by atoms with Crippen molar-refractivity contribution in [1.29, 1.82) is 0 Å². The predicted molar refractivity (Wildman–Crippen MR) is 115 cm³/mol. The molecule has 1 aliphatic rings. The normalized spacial score (nSPS) is 14.3. The van der Waals surface area contributed by atoms with Gasteiger partial charge in [-0.15, -0.1) is 0 Å². The Balaban J connectivity index is 1.87. The summed E-state index contributed by atoms with van der Waals surface area (Å²) in [7, 11) is 0. The molecule has 1 aromatic carbocycles. The van der Waals surface area contributed by atoms with Crippen molar-refractivity contribution >= 4 is 23.6 Å². The maximum absolute atomic E-state index is 12.2. The third-order valence-electron chi connectivity index (χ3n) is 5.06. The summed E-state index contributed by atoms with van der Waals surface area (Å²) in [6, 6.07) is 5.30. The van der Waals surface area contributed by atoms with Crippen molar-refractivity contribution in [2.45, 2.75) is 48.0 Å². The highest BCUT2D eigenvalue weighted by atomic mass is 16.6. The number of anilines is 2. The van der Waals surface area contributed by atoms with Crippen LogP contribution in [-0.2, 0) is 9.47 Å². The summed E-state index contributed by atoms with van der Waals surface area (Å²) in [5.41, 5.74) is 1.85. The van der Waals surface area contributed by atoms with Crippen molar-refractivity contribution in [2.24, 2.45) is 10.8 Å². The molecule has 2 rings (SSSR count). The smallest absolute Gasteiger partial charge is 0.411 e. The van der Waals surface area contributed by atoms with Gasteiger partial charge in [-0.2, -0.15) is 0 Å². The lowest BCUT2D eigenvalue weighted by atomic mass is 9.92. The molecule has 1 aliphatic heterocycles. The Morgan fingerprint density at radius 1 is 1.00 bits per heavy atom. The fourth-order valence-corrected chi connectivity index (χ4v) is 2.64. The average Bonchev–Trinajstić information content (AvgIpc) is 3.45. The van der Waals surface area contributed by atoms with E-state index in [0.29, 0.717) is 24.6 Å². The number of nitrogens with one attached hydrogen (secondary N) is 2. The highest BCUT2D eigenvalue weighted by molar-refractivity contribution is 5.89. The molecule has 0 saturated carbocycles. The van der Waals surface area contributed by atoms with Crippen molar-refractivity contribution < 1.29 is 19.1 Å². The van der Waals surface area contributed by atoms with Crippen LogP contribution in [-0.4, -0.2) is 49.9 Å². The topological polar surface area (TPSA) is 79.7 Å². The highest BCUT2D eigenvalue weighted by Crippen LogP contribution is 2.24. The third-order valence-corrected chi connectivity index (χ3v) is 5.06. The Labute approximate surface area is 174 Å². The van der Waals surface area contributed by atoms with Gasteiger partial charge in [0.05, 0.1) is 13.2 Å². The molecule has 2 amide bonds. The zero-order chi connectivity index (χ0) is 21.7. The minimum atomic E-state index is -0.508. The van der Waals surface area contributed by atoms with Crippen molar-refractivity contribution in [3.8, 4) is 0 Å². The van der Waals surface area contributed by atoms with Gasteiger partial charge in [-0.05, 0) is 36.5 Å². The van der Waals surface area contributed by atoms with Crippen molar-refractivity contribution in [3.05, 3.63) is 23.8 Å². The van der Waals surface area contributed by atoms with Gasteiger partial charge >= 0.3 is 12.2 Å². The number of hydrogen-bond acceptors (Lipinski definition) is 5. The van der Waals surface area contributed by atoms with Gasteiger partial charge in [-0.3, -0.25) is 10.6 Å². The first-order chi connectivity index (χ1) is 13.5. The Morgan fingerprint density at radius 2 is 1.59 bits per heavy atom. The van der Waals surface area contributed by atoms with Crippen LogP contribution < -0.4 is 10.6 Å². The number of aryl methyl sites for hydroxylation is 1. The fourth-order valence-electron chi connectivity index (χ4n) is 2.64. The zero-order valence-corrected chi connectivity index (χ0v) is 18.6. The third kappa shape index (κ3) is 8.31. The van der Waals surface area contributed by atoms with Crippen LogP contribution in [0.15, 0.2) is 18.2 Å². The summed E-state index contributed by atoms with van der Waals surface area (Å²) in [5, 5.41) is 5.47. The van der Waals surface area contributed by atoms with Crippen LogP contribution in [0.1, 0.15) is 46.6 Å². The Hall–Kier alpha value is -2.28. The summed E-state index contributed by atoms with van der Waals surface area (Å²) in [6.45, 7) is 16.0. The number of rotatable bonds is 9. The molecule has 0 atom stereocenters. The van der Waals surface area contributed by atoms with Crippen molar-refractivity contribution in [1.82, 2.24) is 4.90 Å². The van der Waals surface area contributed by atoms with Gasteiger partial charge in [0.25, 0.3) is 0 Å². The average molecular weight is 406 g/mol. The molecular weight excluding hydrogens is 370 g/mol. The van der Waals surface area contributed by atoms with Crippen LogP contribution in [0.3, 0.4) is 0 Å². The quantitative estimate of drug-likeness (QED) is 0.573. The van der Waals surface area contributed by atoms with Crippen LogP contribution in [0.25, 0.3) is 0 Å². The lowest BCUT2D eigenvalue weighted by molar-refractivity contribution is 0.102. The van der Waals surface area contributed by atoms with Gasteiger partial charge in [0.1, 0.15) is 0 Å². The monoisotopic (exact) mass is 405 g/mol. The van der Waals surface area contributed by atoms with E-state index in [2.05, 4.69) is 36.3 Å². The molecule has 0 bridgehead atoms. The van der Waals surface area contributed by atoms with Gasteiger partial charge < -0.3 is 14.4 Å². The first-order valence-electron chi connectivity index (χ1n) is 10.2. The largest absolute Gasteiger partial charge is 0.449 e. The number of ether oxygens (including phenoxy) is 2. The lowest BCUT2D eigenvalue weighted by Gasteiger charge is -2.24. The molecule has 2 N–H and O–H groups in total. The molecule has 162 valence electrons.